The van der Waals surface area contributed by atoms with E-state index in [1.807, 2.05) is 71.8 Å². The third-order valence-corrected chi connectivity index (χ3v) is 7.51. The molecule has 1 saturated heterocycles. The van der Waals surface area contributed by atoms with Crippen LogP contribution in [0, 0.1) is 0 Å². The molecule has 0 amide bonds. The molecule has 12 nitrogen and oxygen atoms in total. The molecule has 0 N–H and O–H groups in total. The highest BCUT2D eigenvalue weighted by Crippen LogP contribution is 2.11. The van der Waals surface area contributed by atoms with Gasteiger partial charge in [0.05, 0.1) is 48.1 Å². The normalized spacial score (nSPS) is 15.2. The van der Waals surface area contributed by atoms with E-state index in [0.29, 0.717) is 0 Å². The Morgan fingerprint density at radius 3 is 1.00 bits per heavy atom. The van der Waals surface area contributed by atoms with Gasteiger partial charge in [0.1, 0.15) is 0 Å². The molecule has 4 aromatic rings. The zero-order chi connectivity index (χ0) is 27.9. The van der Waals surface area contributed by atoms with Gasteiger partial charge in [0.2, 0.25) is 0 Å². The minimum Gasteiger partial charge on any atom is -0.340 e. The molecule has 4 aromatic heterocycles. The van der Waals surface area contributed by atoms with Crippen LogP contribution in [0.15, 0.2) is 50.1 Å². The van der Waals surface area contributed by atoms with Gasteiger partial charge >= 0.3 is 0 Å². The van der Waals surface area contributed by atoms with Gasteiger partial charge in [0.25, 0.3) is 0 Å². The molecule has 40 heavy (non-hydrogen) atoms. The van der Waals surface area contributed by atoms with Crippen LogP contribution >= 0.6 is 0 Å². The average molecular weight is 549 g/mol. The lowest BCUT2D eigenvalue weighted by Gasteiger charge is -2.36. The molecule has 5 rings (SSSR count). The molecule has 0 aromatic carbocycles. The predicted octanol–water partition coefficient (Wildman–Crippen LogP) is 0.943. The van der Waals surface area contributed by atoms with E-state index in [4.69, 9.17) is 0 Å². The van der Waals surface area contributed by atoms with Crippen molar-refractivity contribution in [3.8, 4) is 0 Å². The summed E-state index contributed by atoms with van der Waals surface area (Å²) in [4.78, 5) is 28.4. The number of aryl methyl sites for hydroxylation is 4. The number of aromatic nitrogens is 8. The molecule has 216 valence electrons. The maximum absolute atomic E-state index is 4.56. The van der Waals surface area contributed by atoms with Crippen LogP contribution in [0.5, 0.6) is 0 Å². The summed E-state index contributed by atoms with van der Waals surface area (Å²) in [5, 5.41) is 0. The summed E-state index contributed by atoms with van der Waals surface area (Å²) in [5.41, 5.74) is 4.40. The molecule has 5 heterocycles. The van der Waals surface area contributed by atoms with Crippen LogP contribution in [-0.2, 0) is 54.4 Å². The van der Waals surface area contributed by atoms with Crippen molar-refractivity contribution in [1.29, 1.82) is 0 Å². The maximum atomic E-state index is 4.56. The fraction of sp³-hybridized carbons (Fsp3) is 0.571. The third-order valence-electron chi connectivity index (χ3n) is 7.51. The van der Waals surface area contributed by atoms with Crippen LogP contribution in [-0.4, -0.2) is 110 Å². The van der Waals surface area contributed by atoms with Crippen LogP contribution in [0.25, 0.3) is 0 Å². The molecule has 0 bridgehead atoms. The molecular formula is C28H44N12. The first-order valence-electron chi connectivity index (χ1n) is 14.1. The lowest BCUT2D eigenvalue weighted by atomic mass is 10.2. The van der Waals surface area contributed by atoms with E-state index in [2.05, 4.69) is 64.3 Å². The topological polar surface area (TPSA) is 84.2 Å². The Morgan fingerprint density at radius 1 is 0.500 bits per heavy atom. The van der Waals surface area contributed by atoms with E-state index >= 15 is 0 Å². The summed E-state index contributed by atoms with van der Waals surface area (Å²) in [6.45, 7) is 11.8. The first kappa shape index (κ1) is 28.2. The predicted molar refractivity (Wildman–Crippen MR) is 154 cm³/mol. The Hall–Kier alpha value is -3.32. The Labute approximate surface area is 237 Å². The molecule has 0 saturated carbocycles. The van der Waals surface area contributed by atoms with Crippen LogP contribution in [0.1, 0.15) is 22.8 Å². The van der Waals surface area contributed by atoms with E-state index in [9.17, 15) is 0 Å². The van der Waals surface area contributed by atoms with Gasteiger partial charge in [-0.25, -0.2) is 19.9 Å². The number of rotatable bonds is 14. The van der Waals surface area contributed by atoms with E-state index < -0.39 is 0 Å². The lowest BCUT2D eigenvalue weighted by Crippen LogP contribution is -2.49. The van der Waals surface area contributed by atoms with Gasteiger partial charge in [0, 0.05) is 132 Å². The minimum absolute atomic E-state index is 0.833. The van der Waals surface area contributed by atoms with E-state index in [-0.39, 0.29) is 0 Å². The van der Waals surface area contributed by atoms with Crippen molar-refractivity contribution in [3.63, 3.8) is 0 Å². The fourth-order valence-electron chi connectivity index (χ4n) is 5.34. The highest BCUT2D eigenvalue weighted by molar-refractivity contribution is 5.01. The first-order chi connectivity index (χ1) is 19.4. The highest BCUT2D eigenvalue weighted by atomic mass is 15.3. The first-order valence-corrected chi connectivity index (χ1v) is 14.1. The van der Waals surface area contributed by atoms with Gasteiger partial charge in [0.15, 0.2) is 0 Å². The second-order valence-corrected chi connectivity index (χ2v) is 11.2. The van der Waals surface area contributed by atoms with E-state index in [1.54, 1.807) is 0 Å². The van der Waals surface area contributed by atoms with Crippen molar-refractivity contribution in [3.05, 3.63) is 72.9 Å². The monoisotopic (exact) mass is 548 g/mol. The second kappa shape index (κ2) is 13.4. The highest BCUT2D eigenvalue weighted by Gasteiger charge is 2.20. The largest absolute Gasteiger partial charge is 0.340 e. The van der Waals surface area contributed by atoms with Gasteiger partial charge in [-0.1, -0.05) is 0 Å². The average Bonchev–Trinajstić information content (AvgIpc) is 3.73. The number of piperazine rings is 1. The van der Waals surface area contributed by atoms with Crippen LogP contribution < -0.4 is 0 Å². The van der Waals surface area contributed by atoms with Gasteiger partial charge in [-0.3, -0.25) is 19.6 Å². The molecular weight excluding hydrogens is 504 g/mol. The van der Waals surface area contributed by atoms with Gasteiger partial charge in [-0.05, 0) is 0 Å². The molecule has 1 fully saturated rings. The molecule has 0 atom stereocenters. The Morgan fingerprint density at radius 2 is 0.775 bits per heavy atom. The number of nitrogens with zero attached hydrogens (tertiary/aromatic N) is 12. The fourth-order valence-corrected chi connectivity index (χ4v) is 5.34. The lowest BCUT2D eigenvalue weighted by molar-refractivity contribution is 0.102. The molecule has 0 aliphatic carbocycles. The number of imidazole rings is 4. The van der Waals surface area contributed by atoms with Crippen LogP contribution in [0.3, 0.4) is 0 Å². The Bertz CT molecular complexity index is 1120. The summed E-state index contributed by atoms with van der Waals surface area (Å²) in [6, 6.07) is 0. The molecule has 1 aliphatic heterocycles. The molecule has 0 unspecified atom stereocenters. The van der Waals surface area contributed by atoms with Crippen LogP contribution in [0.4, 0.5) is 0 Å². The quantitative estimate of drug-likeness (QED) is 0.230. The number of hydrogen-bond donors (Lipinski definition) is 0. The second-order valence-electron chi connectivity index (χ2n) is 11.2. The Kier molecular flexibility index (Phi) is 9.42. The van der Waals surface area contributed by atoms with E-state index in [0.717, 1.165) is 101 Å². The summed E-state index contributed by atoms with van der Waals surface area (Å²) >= 11 is 0. The molecule has 1 aliphatic rings. The Balaban J connectivity index is 1.09. The summed E-state index contributed by atoms with van der Waals surface area (Å²) in [7, 11) is 8.09. The van der Waals surface area contributed by atoms with Gasteiger partial charge in [-0.2, -0.15) is 0 Å². The van der Waals surface area contributed by atoms with Crippen molar-refractivity contribution in [2.24, 2.45) is 28.2 Å². The van der Waals surface area contributed by atoms with Crippen LogP contribution in [0.2, 0.25) is 0 Å². The van der Waals surface area contributed by atoms with Crippen molar-refractivity contribution in [2.75, 3.05) is 52.4 Å². The van der Waals surface area contributed by atoms with Crippen molar-refractivity contribution >= 4 is 0 Å². The molecule has 0 spiro atoms. The molecule has 12 heteroatoms. The van der Waals surface area contributed by atoms with E-state index in [1.165, 1.54) is 0 Å². The summed E-state index contributed by atoms with van der Waals surface area (Å²) in [5.74, 6) is 0. The summed E-state index contributed by atoms with van der Waals surface area (Å²) in [6.07, 6.45) is 15.9. The zero-order valence-electron chi connectivity index (χ0n) is 24.5. The maximum Gasteiger partial charge on any atom is 0.0947 e. The third kappa shape index (κ3) is 8.34. The standard InChI is InChI=1S/C28H44N12/c1-33-13-25(29-21-33)17-39(18-26-14-34(2)22-30-26)11-9-37-5-7-38(8-6-37)10-12-40(19-27-15-35(3)23-31-27)20-28-16-36(4)24-32-28/h13-16,21-24H,5-12,17-20H2,1-4H3. The smallest absolute Gasteiger partial charge is 0.0947 e. The molecule has 0 radical (unpaired) electrons. The van der Waals surface area contributed by atoms with Gasteiger partial charge < -0.3 is 18.3 Å². The zero-order valence-corrected chi connectivity index (χ0v) is 24.5. The minimum atomic E-state index is 0.833. The van der Waals surface area contributed by atoms with Crippen molar-refractivity contribution in [1.82, 2.24) is 57.8 Å². The summed E-state index contributed by atoms with van der Waals surface area (Å²) < 4.78 is 8.06. The SMILES string of the molecule is Cn1cnc(CN(CCN2CCN(CCN(Cc3cn(C)cn3)Cc3cn(C)cn3)CC2)Cc2cn(C)cn2)c1. The van der Waals surface area contributed by atoms with Gasteiger partial charge in [-0.15, -0.1) is 0 Å². The van der Waals surface area contributed by atoms with Crippen molar-refractivity contribution < 1.29 is 0 Å². The number of hydrogen-bond acceptors (Lipinski definition) is 8. The van der Waals surface area contributed by atoms with Crippen molar-refractivity contribution in [2.45, 2.75) is 26.2 Å².